The molecule has 0 saturated carbocycles. The van der Waals surface area contributed by atoms with Crippen molar-refractivity contribution in [1.29, 1.82) is 0 Å². The summed E-state index contributed by atoms with van der Waals surface area (Å²) in [5, 5.41) is 7.21. The summed E-state index contributed by atoms with van der Waals surface area (Å²) in [7, 11) is -3.42. The fourth-order valence-corrected chi connectivity index (χ4v) is 4.43. The Morgan fingerprint density at radius 3 is 2.60 bits per heavy atom. The molecule has 156 valence electrons. The molecule has 0 spiro atoms. The van der Waals surface area contributed by atoms with E-state index in [1.54, 1.807) is 17.0 Å². The first-order valence-corrected chi connectivity index (χ1v) is 11.4. The molecular formula is C20H22N6O3S. The maximum Gasteiger partial charge on any atom is 0.273 e. The van der Waals surface area contributed by atoms with Crippen molar-refractivity contribution in [3.05, 3.63) is 65.7 Å². The van der Waals surface area contributed by atoms with Gasteiger partial charge in [0.1, 0.15) is 11.5 Å². The summed E-state index contributed by atoms with van der Waals surface area (Å²) in [4.78, 5) is 23.7. The van der Waals surface area contributed by atoms with E-state index >= 15 is 0 Å². The predicted octanol–water partition coefficient (Wildman–Crippen LogP) is 1.68. The number of likely N-dealkylation sites (tertiary alicyclic amines) is 1. The predicted molar refractivity (Wildman–Crippen MR) is 111 cm³/mol. The number of benzene rings is 1. The zero-order valence-corrected chi connectivity index (χ0v) is 17.4. The molecule has 10 heteroatoms. The van der Waals surface area contributed by atoms with Crippen LogP contribution in [0.4, 0.5) is 0 Å². The van der Waals surface area contributed by atoms with E-state index in [-0.39, 0.29) is 12.5 Å². The summed E-state index contributed by atoms with van der Waals surface area (Å²) in [6, 6.07) is 13.9. The number of aryl methyl sites for hydroxylation is 1. The third kappa shape index (κ3) is 4.39. The van der Waals surface area contributed by atoms with Gasteiger partial charge < -0.3 is 4.90 Å². The minimum atomic E-state index is -3.42. The number of hydrogen-bond acceptors (Lipinski definition) is 6. The van der Waals surface area contributed by atoms with Crippen LogP contribution in [0, 0.1) is 6.92 Å². The monoisotopic (exact) mass is 426 g/mol. The van der Waals surface area contributed by atoms with E-state index in [1.807, 2.05) is 43.3 Å². The lowest BCUT2D eigenvalue weighted by molar-refractivity contribution is 0.0722. The second kappa shape index (κ2) is 7.96. The number of carbonyl (C=O) groups is 1. The van der Waals surface area contributed by atoms with Crippen molar-refractivity contribution in [3.63, 3.8) is 0 Å². The minimum Gasteiger partial charge on any atom is -0.325 e. The van der Waals surface area contributed by atoms with Crippen molar-refractivity contribution < 1.29 is 13.2 Å². The second-order valence-electron chi connectivity index (χ2n) is 7.37. The highest BCUT2D eigenvalue weighted by atomic mass is 32.2. The Hall–Kier alpha value is -3.11. The van der Waals surface area contributed by atoms with Gasteiger partial charge >= 0.3 is 0 Å². The maximum atomic E-state index is 13.2. The van der Waals surface area contributed by atoms with E-state index in [0.717, 1.165) is 17.5 Å². The molecule has 30 heavy (non-hydrogen) atoms. The van der Waals surface area contributed by atoms with E-state index < -0.39 is 22.1 Å². The molecule has 1 amide bonds. The average Bonchev–Trinajstić information content (AvgIpc) is 3.34. The summed E-state index contributed by atoms with van der Waals surface area (Å²) in [6.45, 7) is 2.03. The van der Waals surface area contributed by atoms with E-state index in [9.17, 15) is 13.2 Å². The molecule has 2 unspecified atom stereocenters. The number of nitrogens with zero attached hydrogens (tertiary/aromatic N) is 4. The summed E-state index contributed by atoms with van der Waals surface area (Å²) >= 11 is 0. The molecule has 3 heterocycles. The normalized spacial score (nSPS) is 19.2. The molecule has 1 aromatic carbocycles. The third-order valence-electron chi connectivity index (χ3n) is 4.90. The molecule has 2 atom stereocenters. The van der Waals surface area contributed by atoms with E-state index in [4.69, 9.17) is 0 Å². The number of H-pyrrole nitrogens is 1. The van der Waals surface area contributed by atoms with Crippen LogP contribution in [0.15, 0.2) is 48.5 Å². The lowest BCUT2D eigenvalue weighted by Crippen LogP contribution is -2.38. The Morgan fingerprint density at radius 2 is 1.90 bits per heavy atom. The van der Waals surface area contributed by atoms with Crippen LogP contribution in [0.5, 0.6) is 0 Å². The zero-order chi connectivity index (χ0) is 21.3. The van der Waals surface area contributed by atoms with Crippen molar-refractivity contribution >= 4 is 15.9 Å². The molecule has 1 fully saturated rings. The van der Waals surface area contributed by atoms with Gasteiger partial charge in [-0.2, -0.15) is 5.10 Å². The van der Waals surface area contributed by atoms with Gasteiger partial charge in [0.2, 0.25) is 10.0 Å². The highest BCUT2D eigenvalue weighted by Gasteiger charge is 2.40. The SMILES string of the molecule is Cc1cccc(C(=O)N2CC(NS(C)(=O)=O)CC2c2nc(-c3ccccc3)n[nH]2)n1. The number of amides is 1. The van der Waals surface area contributed by atoms with Gasteiger partial charge in [-0.1, -0.05) is 36.4 Å². The van der Waals surface area contributed by atoms with Crippen molar-refractivity contribution in [1.82, 2.24) is 29.8 Å². The highest BCUT2D eigenvalue weighted by Crippen LogP contribution is 2.32. The Kier molecular flexibility index (Phi) is 5.35. The number of carbonyl (C=O) groups excluding carboxylic acids is 1. The van der Waals surface area contributed by atoms with Crippen LogP contribution < -0.4 is 4.72 Å². The molecule has 0 radical (unpaired) electrons. The average molecular weight is 427 g/mol. The van der Waals surface area contributed by atoms with Crippen LogP contribution in [-0.2, 0) is 10.0 Å². The molecular weight excluding hydrogens is 404 g/mol. The summed E-state index contributed by atoms with van der Waals surface area (Å²) in [6.07, 6.45) is 1.49. The Morgan fingerprint density at radius 1 is 1.13 bits per heavy atom. The molecule has 9 nitrogen and oxygen atoms in total. The van der Waals surface area contributed by atoms with Crippen molar-refractivity contribution in [2.24, 2.45) is 0 Å². The Bertz CT molecular complexity index is 1160. The third-order valence-corrected chi connectivity index (χ3v) is 5.66. The van der Waals surface area contributed by atoms with Crippen molar-refractivity contribution in [3.8, 4) is 11.4 Å². The first-order chi connectivity index (χ1) is 14.3. The summed E-state index contributed by atoms with van der Waals surface area (Å²) < 4.78 is 26.1. The van der Waals surface area contributed by atoms with Crippen molar-refractivity contribution in [2.45, 2.75) is 25.4 Å². The Balaban J connectivity index is 1.66. The van der Waals surface area contributed by atoms with Gasteiger partial charge in [0.15, 0.2) is 5.82 Å². The van der Waals surface area contributed by atoms with Crippen LogP contribution in [-0.4, -0.2) is 58.2 Å². The van der Waals surface area contributed by atoms with Crippen molar-refractivity contribution in [2.75, 3.05) is 12.8 Å². The van der Waals surface area contributed by atoms with Crippen LogP contribution in [0.3, 0.4) is 0 Å². The van der Waals surface area contributed by atoms with Gasteiger partial charge in [-0.15, -0.1) is 0 Å². The van der Waals surface area contributed by atoms with Crippen LogP contribution in [0.1, 0.15) is 34.5 Å². The van der Waals surface area contributed by atoms with Gasteiger partial charge in [0.05, 0.1) is 12.3 Å². The van der Waals surface area contributed by atoms with Crippen LogP contribution in [0.25, 0.3) is 11.4 Å². The molecule has 0 bridgehead atoms. The Labute approximate surface area is 174 Å². The molecule has 1 saturated heterocycles. The van der Waals surface area contributed by atoms with Gasteiger partial charge in [-0.05, 0) is 25.5 Å². The van der Waals surface area contributed by atoms with E-state index in [2.05, 4.69) is 24.9 Å². The van der Waals surface area contributed by atoms with Gasteiger partial charge in [-0.3, -0.25) is 9.89 Å². The maximum absolute atomic E-state index is 13.2. The largest absolute Gasteiger partial charge is 0.325 e. The van der Waals surface area contributed by atoms with Gasteiger partial charge in [0.25, 0.3) is 5.91 Å². The van der Waals surface area contributed by atoms with Gasteiger partial charge in [0, 0.05) is 23.8 Å². The topological polar surface area (TPSA) is 121 Å². The minimum absolute atomic E-state index is 0.216. The second-order valence-corrected chi connectivity index (χ2v) is 9.15. The number of aromatic nitrogens is 4. The number of aromatic amines is 1. The molecule has 4 rings (SSSR count). The number of hydrogen-bond donors (Lipinski definition) is 2. The number of pyridine rings is 1. The molecule has 2 aromatic heterocycles. The molecule has 3 aromatic rings. The first kappa shape index (κ1) is 20.2. The first-order valence-electron chi connectivity index (χ1n) is 9.50. The smallest absolute Gasteiger partial charge is 0.273 e. The molecule has 1 aliphatic heterocycles. The molecule has 0 aliphatic carbocycles. The quantitative estimate of drug-likeness (QED) is 0.640. The van der Waals surface area contributed by atoms with Crippen LogP contribution in [0.2, 0.25) is 0 Å². The number of rotatable bonds is 5. The summed E-state index contributed by atoms with van der Waals surface area (Å²) in [5.74, 6) is 0.748. The lowest BCUT2D eigenvalue weighted by atomic mass is 10.1. The molecule has 1 aliphatic rings. The highest BCUT2D eigenvalue weighted by molar-refractivity contribution is 7.88. The van der Waals surface area contributed by atoms with E-state index in [1.165, 1.54) is 0 Å². The number of sulfonamides is 1. The standard InChI is InChI=1S/C20H22N6O3S/c1-13-7-6-10-16(21-13)20(27)26-12-15(25-30(2,28)29)11-17(26)19-22-18(23-24-19)14-8-4-3-5-9-14/h3-10,15,17,25H,11-12H2,1-2H3,(H,22,23,24). The fraction of sp³-hybridized carbons (Fsp3) is 0.300. The molecule has 2 N–H and O–H groups in total. The number of nitrogens with one attached hydrogen (secondary N) is 2. The lowest BCUT2D eigenvalue weighted by Gasteiger charge is -2.22. The van der Waals surface area contributed by atoms with Crippen LogP contribution >= 0.6 is 0 Å². The zero-order valence-electron chi connectivity index (χ0n) is 16.6. The summed E-state index contributed by atoms with van der Waals surface area (Å²) in [5.41, 5.74) is 1.89. The van der Waals surface area contributed by atoms with Gasteiger partial charge in [-0.25, -0.2) is 23.1 Å². The van der Waals surface area contributed by atoms with E-state index in [0.29, 0.717) is 23.8 Å². The fourth-order valence-electron chi connectivity index (χ4n) is 3.66.